The van der Waals surface area contributed by atoms with E-state index in [1.54, 1.807) is 18.5 Å². The molecule has 1 saturated heterocycles. The van der Waals surface area contributed by atoms with Crippen molar-refractivity contribution in [3.8, 4) is 5.75 Å². The fourth-order valence-corrected chi connectivity index (χ4v) is 5.25. The first-order valence-electron chi connectivity index (χ1n) is 10.9. The first-order valence-corrected chi connectivity index (χ1v) is 12.4. The molecule has 1 fully saturated rings. The lowest BCUT2D eigenvalue weighted by atomic mass is 10.2. The van der Waals surface area contributed by atoms with Gasteiger partial charge in [0.1, 0.15) is 17.7 Å². The molecule has 0 atom stereocenters. The van der Waals surface area contributed by atoms with Crippen LogP contribution in [0.25, 0.3) is 23.3 Å². The molecule has 170 valence electrons. The number of ether oxygens (including phenoxy) is 1. The van der Waals surface area contributed by atoms with Gasteiger partial charge in [-0.2, -0.15) is 11.8 Å². The molecule has 0 radical (unpaired) electrons. The Morgan fingerprint density at radius 3 is 2.53 bits per heavy atom. The zero-order valence-electron chi connectivity index (χ0n) is 18.5. The molecule has 7 nitrogen and oxygen atoms in total. The Balaban J connectivity index is 1.65. The predicted molar refractivity (Wildman–Crippen MR) is 132 cm³/mol. The van der Waals surface area contributed by atoms with E-state index >= 15 is 0 Å². The van der Waals surface area contributed by atoms with E-state index in [1.165, 1.54) is 9.13 Å². The zero-order valence-corrected chi connectivity index (χ0v) is 20.1. The monoisotopic (exact) mass is 474 g/mol. The van der Waals surface area contributed by atoms with Crippen molar-refractivity contribution in [1.29, 1.82) is 0 Å². The van der Waals surface area contributed by atoms with E-state index in [2.05, 4.69) is 4.98 Å². The Morgan fingerprint density at radius 1 is 1.16 bits per heavy atom. The highest BCUT2D eigenvalue weighted by Gasteiger charge is 2.18. The van der Waals surface area contributed by atoms with Crippen LogP contribution in [-0.2, 0) is 20.1 Å². The van der Waals surface area contributed by atoms with E-state index in [1.807, 2.05) is 49.0 Å². The number of hydrogen-bond acceptors (Lipinski definition) is 5. The third kappa shape index (κ3) is 4.26. The van der Waals surface area contributed by atoms with Gasteiger partial charge in [-0.05, 0) is 62.0 Å². The fraction of sp³-hybridized carbons (Fsp3) is 0.435. The van der Waals surface area contributed by atoms with Crippen molar-refractivity contribution in [2.75, 3.05) is 11.5 Å². The maximum absolute atomic E-state index is 12.8. The highest BCUT2D eigenvalue weighted by Crippen LogP contribution is 2.30. The van der Waals surface area contributed by atoms with E-state index in [0.29, 0.717) is 40.8 Å². The number of hydrogen-bond donors (Lipinski definition) is 0. The summed E-state index contributed by atoms with van der Waals surface area (Å²) in [7, 11) is 1.78. The van der Waals surface area contributed by atoms with Gasteiger partial charge in [-0.15, -0.1) is 0 Å². The van der Waals surface area contributed by atoms with E-state index in [0.717, 1.165) is 29.9 Å². The second kappa shape index (κ2) is 9.58. The van der Waals surface area contributed by atoms with Crippen molar-refractivity contribution in [2.24, 2.45) is 7.05 Å². The molecule has 1 aromatic carbocycles. The van der Waals surface area contributed by atoms with Crippen molar-refractivity contribution in [3.05, 3.63) is 55.4 Å². The predicted octanol–water partition coefficient (Wildman–Crippen LogP) is 4.03. The SMILES string of the molecule is CCn1c(=O)c2c(nc(/C=C/c3ccc(OC4CCSCC4)c(Cl)c3)n2C)n(CC)c1=O. The lowest BCUT2D eigenvalue weighted by Crippen LogP contribution is -2.39. The number of nitrogens with zero attached hydrogens (tertiary/aromatic N) is 4. The summed E-state index contributed by atoms with van der Waals surface area (Å²) in [6.07, 6.45) is 6.01. The van der Waals surface area contributed by atoms with Crippen molar-refractivity contribution in [2.45, 2.75) is 45.9 Å². The summed E-state index contributed by atoms with van der Waals surface area (Å²) in [5.41, 5.74) is 1.06. The number of fused-ring (bicyclic) bond motifs is 1. The Morgan fingerprint density at radius 2 is 1.88 bits per heavy atom. The summed E-state index contributed by atoms with van der Waals surface area (Å²) in [6.45, 7) is 4.41. The van der Waals surface area contributed by atoms with Gasteiger partial charge in [-0.3, -0.25) is 13.9 Å². The number of benzene rings is 1. The second-order valence-corrected chi connectivity index (χ2v) is 9.36. The minimum absolute atomic E-state index is 0.221. The molecule has 0 bridgehead atoms. The third-order valence-corrected chi connectivity index (χ3v) is 7.10. The number of rotatable bonds is 6. The van der Waals surface area contributed by atoms with Crippen LogP contribution in [0.5, 0.6) is 5.75 Å². The number of thioether (sulfide) groups is 1. The van der Waals surface area contributed by atoms with Crippen molar-refractivity contribution in [1.82, 2.24) is 18.7 Å². The van der Waals surface area contributed by atoms with Gasteiger partial charge in [0.05, 0.1) is 5.02 Å². The maximum atomic E-state index is 12.8. The lowest BCUT2D eigenvalue weighted by molar-refractivity contribution is 0.192. The Bertz CT molecular complexity index is 1290. The van der Waals surface area contributed by atoms with Crippen molar-refractivity contribution < 1.29 is 4.74 Å². The minimum Gasteiger partial charge on any atom is -0.489 e. The molecule has 0 amide bonds. The molecule has 0 unspecified atom stereocenters. The molecule has 1 aliphatic heterocycles. The molecule has 4 rings (SSSR count). The standard InChI is InChI=1S/C23H27ClN4O3S/c1-4-27-21-20(22(29)28(5-2)23(27)30)26(3)19(25-21)9-7-15-6-8-18(17(24)14-15)31-16-10-12-32-13-11-16/h6-9,14,16H,4-5,10-13H2,1-3H3/b9-7+. The summed E-state index contributed by atoms with van der Waals surface area (Å²) < 4.78 is 10.6. The fourth-order valence-electron chi connectivity index (χ4n) is 3.95. The highest BCUT2D eigenvalue weighted by atomic mass is 35.5. The topological polar surface area (TPSA) is 71.1 Å². The maximum Gasteiger partial charge on any atom is 0.332 e. The summed E-state index contributed by atoms with van der Waals surface area (Å²) in [6, 6.07) is 5.71. The summed E-state index contributed by atoms with van der Waals surface area (Å²) in [4.78, 5) is 30.0. The third-order valence-electron chi connectivity index (χ3n) is 5.75. The number of aromatic nitrogens is 4. The van der Waals surface area contributed by atoms with Gasteiger partial charge < -0.3 is 9.30 Å². The zero-order chi connectivity index (χ0) is 22.8. The molecule has 32 heavy (non-hydrogen) atoms. The number of halogens is 1. The first kappa shape index (κ1) is 22.7. The van der Waals surface area contributed by atoms with Crippen LogP contribution in [0.1, 0.15) is 38.1 Å². The number of aryl methyl sites for hydroxylation is 2. The Labute approximate surface area is 195 Å². The van der Waals surface area contributed by atoms with Crippen LogP contribution >= 0.6 is 23.4 Å². The summed E-state index contributed by atoms with van der Waals surface area (Å²) in [5, 5.41) is 0.570. The Hall–Kier alpha value is -2.45. The first-order chi connectivity index (χ1) is 15.4. The molecule has 0 saturated carbocycles. The van der Waals surface area contributed by atoms with Crippen LogP contribution in [0.3, 0.4) is 0 Å². The smallest absolute Gasteiger partial charge is 0.332 e. The van der Waals surface area contributed by atoms with Gasteiger partial charge in [-0.25, -0.2) is 9.78 Å². The van der Waals surface area contributed by atoms with E-state index < -0.39 is 0 Å². The van der Waals surface area contributed by atoms with Crippen LogP contribution in [-0.4, -0.2) is 36.3 Å². The van der Waals surface area contributed by atoms with Gasteiger partial charge in [-0.1, -0.05) is 23.7 Å². The molecule has 1 aliphatic rings. The average Bonchev–Trinajstić information content (AvgIpc) is 3.11. The molecule has 2 aromatic heterocycles. The van der Waals surface area contributed by atoms with Crippen molar-refractivity contribution in [3.63, 3.8) is 0 Å². The van der Waals surface area contributed by atoms with Crippen LogP contribution in [0, 0.1) is 0 Å². The Kier molecular flexibility index (Phi) is 6.81. The quantitative estimate of drug-likeness (QED) is 0.539. The molecule has 0 spiro atoms. The van der Waals surface area contributed by atoms with Crippen LogP contribution in [0.2, 0.25) is 5.02 Å². The lowest BCUT2D eigenvalue weighted by Gasteiger charge is -2.23. The van der Waals surface area contributed by atoms with Crippen LogP contribution < -0.4 is 16.0 Å². The van der Waals surface area contributed by atoms with Gasteiger partial charge in [0.2, 0.25) is 0 Å². The summed E-state index contributed by atoms with van der Waals surface area (Å²) >= 11 is 8.43. The van der Waals surface area contributed by atoms with Gasteiger partial charge in [0.15, 0.2) is 11.2 Å². The van der Waals surface area contributed by atoms with Crippen molar-refractivity contribution >= 4 is 46.7 Å². The van der Waals surface area contributed by atoms with Gasteiger partial charge in [0.25, 0.3) is 5.56 Å². The minimum atomic E-state index is -0.333. The molecular formula is C23H27ClN4O3S. The molecular weight excluding hydrogens is 448 g/mol. The van der Waals surface area contributed by atoms with E-state index in [-0.39, 0.29) is 17.4 Å². The van der Waals surface area contributed by atoms with E-state index in [9.17, 15) is 9.59 Å². The van der Waals surface area contributed by atoms with Gasteiger partial charge >= 0.3 is 5.69 Å². The van der Waals surface area contributed by atoms with E-state index in [4.69, 9.17) is 16.3 Å². The highest BCUT2D eigenvalue weighted by molar-refractivity contribution is 7.99. The molecule has 9 heteroatoms. The summed E-state index contributed by atoms with van der Waals surface area (Å²) in [5.74, 6) is 3.53. The molecule has 3 heterocycles. The normalized spacial score (nSPS) is 15.1. The molecule has 0 aliphatic carbocycles. The molecule has 0 N–H and O–H groups in total. The number of imidazole rings is 1. The average molecular weight is 475 g/mol. The van der Waals surface area contributed by atoms with Crippen LogP contribution in [0.4, 0.5) is 0 Å². The van der Waals surface area contributed by atoms with Gasteiger partial charge in [0, 0.05) is 20.1 Å². The van der Waals surface area contributed by atoms with Crippen LogP contribution in [0.15, 0.2) is 27.8 Å². The largest absolute Gasteiger partial charge is 0.489 e. The molecule has 3 aromatic rings. The second-order valence-electron chi connectivity index (χ2n) is 7.73.